The van der Waals surface area contributed by atoms with Gasteiger partial charge in [0.15, 0.2) is 5.78 Å². The third kappa shape index (κ3) is 5.61. The number of ketones is 1. The number of rotatable bonds is 7. The number of carbonyl (C=O) groups is 1. The van der Waals surface area contributed by atoms with E-state index in [1.807, 2.05) is 30.3 Å². The van der Waals surface area contributed by atoms with E-state index in [2.05, 4.69) is 193 Å². The van der Waals surface area contributed by atoms with Crippen molar-refractivity contribution in [1.82, 2.24) is 0 Å². The monoisotopic (exact) mass is 739 g/mol. The highest BCUT2D eigenvalue weighted by Gasteiger charge is 2.30. The lowest BCUT2D eigenvalue weighted by Gasteiger charge is -2.26. The number of nitrogens with zero attached hydrogens (tertiary/aromatic N) is 1. The van der Waals surface area contributed by atoms with Crippen LogP contribution in [0.2, 0.25) is 0 Å². The van der Waals surface area contributed by atoms with Crippen molar-refractivity contribution in [3.05, 3.63) is 246 Å². The minimum atomic E-state index is 0.0920. The lowest BCUT2D eigenvalue weighted by molar-refractivity contribution is 0.104. The Morgan fingerprint density at radius 3 is 1.24 bits per heavy atom. The summed E-state index contributed by atoms with van der Waals surface area (Å²) in [6, 6.07) is 77.6. The molecule has 0 aliphatic heterocycles. The Morgan fingerprint density at radius 2 is 0.690 bits per heavy atom. The van der Waals surface area contributed by atoms with E-state index in [1.54, 1.807) is 0 Å². The summed E-state index contributed by atoms with van der Waals surface area (Å²) in [5.41, 5.74) is 20.1. The largest absolute Gasteiger partial charge is 0.311 e. The normalized spacial score (nSPS) is 12.4. The number of hydrogen-bond donors (Lipinski definition) is 0. The molecule has 58 heavy (non-hydrogen) atoms. The minimum Gasteiger partial charge on any atom is -0.311 e. The maximum atomic E-state index is 13.6. The second-order valence-corrected chi connectivity index (χ2v) is 15.2. The molecule has 0 heterocycles. The summed E-state index contributed by atoms with van der Waals surface area (Å²) in [5, 5.41) is 0. The first-order valence-electron chi connectivity index (χ1n) is 19.9. The SMILES string of the molecule is O=C1c2ccccc2-c2cccc(-c3ccc(N(c4ccc(-c5ccccc5)cc4)c4ccc(-c5ccc(C6c7ccccc7-c7ccccc76)cc5)cc4)cc3)c21. The molecule has 0 saturated carbocycles. The topological polar surface area (TPSA) is 20.3 Å². The molecular formula is C56H37NO. The van der Waals surface area contributed by atoms with Crippen molar-refractivity contribution in [3.63, 3.8) is 0 Å². The predicted molar refractivity (Wildman–Crippen MR) is 239 cm³/mol. The molecule has 9 aromatic rings. The fourth-order valence-electron chi connectivity index (χ4n) is 9.17. The maximum absolute atomic E-state index is 13.6. The van der Waals surface area contributed by atoms with Gasteiger partial charge in [0.2, 0.25) is 0 Å². The van der Waals surface area contributed by atoms with Crippen LogP contribution in [0, 0.1) is 0 Å². The van der Waals surface area contributed by atoms with Gasteiger partial charge >= 0.3 is 0 Å². The fraction of sp³-hybridized carbons (Fsp3) is 0.0179. The molecule has 2 aliphatic carbocycles. The van der Waals surface area contributed by atoms with Gasteiger partial charge in [0.25, 0.3) is 0 Å². The smallest absolute Gasteiger partial charge is 0.194 e. The van der Waals surface area contributed by atoms with E-state index in [0.717, 1.165) is 50.4 Å². The first-order chi connectivity index (χ1) is 28.7. The van der Waals surface area contributed by atoms with Crippen molar-refractivity contribution < 1.29 is 4.79 Å². The summed E-state index contributed by atoms with van der Waals surface area (Å²) in [4.78, 5) is 15.9. The first kappa shape index (κ1) is 33.8. The highest BCUT2D eigenvalue weighted by atomic mass is 16.1. The van der Waals surface area contributed by atoms with E-state index in [-0.39, 0.29) is 11.7 Å². The quantitative estimate of drug-likeness (QED) is 0.162. The second-order valence-electron chi connectivity index (χ2n) is 15.2. The van der Waals surface area contributed by atoms with Crippen LogP contribution in [0.15, 0.2) is 218 Å². The van der Waals surface area contributed by atoms with Crippen LogP contribution in [0.25, 0.3) is 55.6 Å². The van der Waals surface area contributed by atoms with E-state index in [0.29, 0.717) is 0 Å². The van der Waals surface area contributed by atoms with Gasteiger partial charge in [0.1, 0.15) is 0 Å². The van der Waals surface area contributed by atoms with Gasteiger partial charge in [-0.2, -0.15) is 0 Å². The van der Waals surface area contributed by atoms with Crippen LogP contribution in [0.3, 0.4) is 0 Å². The molecule has 0 saturated heterocycles. The van der Waals surface area contributed by atoms with Gasteiger partial charge in [0, 0.05) is 34.1 Å². The Kier molecular flexibility index (Phi) is 8.08. The Morgan fingerprint density at radius 1 is 0.293 bits per heavy atom. The molecule has 2 nitrogen and oxygen atoms in total. The number of benzene rings is 9. The molecule has 11 rings (SSSR count). The second kappa shape index (κ2) is 13.9. The highest BCUT2D eigenvalue weighted by molar-refractivity contribution is 6.24. The average molecular weight is 740 g/mol. The fourth-order valence-corrected chi connectivity index (χ4v) is 9.17. The summed E-state index contributed by atoms with van der Waals surface area (Å²) < 4.78 is 0. The van der Waals surface area contributed by atoms with E-state index in [1.165, 1.54) is 50.1 Å². The summed E-state index contributed by atoms with van der Waals surface area (Å²) in [6.07, 6.45) is 0. The molecule has 0 fully saturated rings. The van der Waals surface area contributed by atoms with Crippen molar-refractivity contribution in [2.75, 3.05) is 4.90 Å². The Labute approximate surface area is 339 Å². The molecule has 0 unspecified atom stereocenters. The van der Waals surface area contributed by atoms with Crippen LogP contribution in [0.5, 0.6) is 0 Å². The molecule has 9 aromatic carbocycles. The van der Waals surface area contributed by atoms with Gasteiger partial charge in [-0.15, -0.1) is 0 Å². The first-order valence-corrected chi connectivity index (χ1v) is 19.9. The van der Waals surface area contributed by atoms with Gasteiger partial charge in [-0.1, -0.05) is 182 Å². The van der Waals surface area contributed by atoms with E-state index < -0.39 is 0 Å². The van der Waals surface area contributed by atoms with Crippen LogP contribution < -0.4 is 4.90 Å². The zero-order valence-electron chi connectivity index (χ0n) is 31.7. The lowest BCUT2D eigenvalue weighted by Crippen LogP contribution is -2.10. The number of fused-ring (bicyclic) bond motifs is 6. The zero-order valence-corrected chi connectivity index (χ0v) is 31.7. The van der Waals surface area contributed by atoms with Crippen molar-refractivity contribution in [2.45, 2.75) is 5.92 Å². The number of anilines is 3. The Balaban J connectivity index is 0.928. The molecular weight excluding hydrogens is 703 g/mol. The van der Waals surface area contributed by atoms with Crippen molar-refractivity contribution in [2.24, 2.45) is 0 Å². The molecule has 2 heteroatoms. The number of hydrogen-bond acceptors (Lipinski definition) is 2. The third-order valence-electron chi connectivity index (χ3n) is 12.0. The van der Waals surface area contributed by atoms with E-state index >= 15 is 0 Å². The van der Waals surface area contributed by atoms with Gasteiger partial charge in [0.05, 0.1) is 0 Å². The molecule has 0 radical (unpaired) electrons. The molecule has 0 aromatic heterocycles. The van der Waals surface area contributed by atoms with Crippen LogP contribution in [0.4, 0.5) is 17.1 Å². The molecule has 0 spiro atoms. The van der Waals surface area contributed by atoms with E-state index in [4.69, 9.17) is 0 Å². The van der Waals surface area contributed by atoms with Crippen LogP contribution in [0.1, 0.15) is 38.5 Å². The molecule has 272 valence electrons. The Hall–Kier alpha value is -7.55. The lowest BCUT2D eigenvalue weighted by atomic mass is 9.88. The highest BCUT2D eigenvalue weighted by Crippen LogP contribution is 2.48. The molecule has 2 aliphatic rings. The summed E-state index contributed by atoms with van der Waals surface area (Å²) >= 11 is 0. The van der Waals surface area contributed by atoms with Gasteiger partial charge < -0.3 is 4.90 Å². The standard InChI is InChI=1S/C56H37NO/c58-56-53-18-9-6-15-49(53)52-20-10-19-46(55(52)56)41-29-35-45(36-30-41)57(43-31-25-39(26-32-43)37-11-2-1-3-12-37)44-33-27-40(28-34-44)38-21-23-42(24-22-38)54-50-16-7-4-13-47(50)48-14-5-8-17-51(48)54/h1-36,54H. The summed E-state index contributed by atoms with van der Waals surface area (Å²) in [7, 11) is 0. The molecule has 0 amide bonds. The molecule has 0 bridgehead atoms. The van der Waals surface area contributed by atoms with Gasteiger partial charge in [-0.3, -0.25) is 4.79 Å². The molecule has 0 N–H and O–H groups in total. The predicted octanol–water partition coefficient (Wildman–Crippen LogP) is 14.5. The zero-order chi connectivity index (χ0) is 38.6. The van der Waals surface area contributed by atoms with Crippen LogP contribution in [-0.2, 0) is 0 Å². The van der Waals surface area contributed by atoms with E-state index in [9.17, 15) is 4.79 Å². The van der Waals surface area contributed by atoms with Gasteiger partial charge in [-0.05, 0) is 109 Å². The summed E-state index contributed by atoms with van der Waals surface area (Å²) in [6.45, 7) is 0. The van der Waals surface area contributed by atoms with Crippen molar-refractivity contribution in [1.29, 1.82) is 0 Å². The molecule has 0 atom stereocenters. The maximum Gasteiger partial charge on any atom is 0.194 e. The third-order valence-corrected chi connectivity index (χ3v) is 12.0. The van der Waals surface area contributed by atoms with Crippen LogP contribution >= 0.6 is 0 Å². The van der Waals surface area contributed by atoms with Crippen molar-refractivity contribution >= 4 is 22.8 Å². The minimum absolute atomic E-state index is 0.0920. The van der Waals surface area contributed by atoms with Gasteiger partial charge in [-0.25, -0.2) is 0 Å². The van der Waals surface area contributed by atoms with Crippen molar-refractivity contribution in [3.8, 4) is 55.6 Å². The number of carbonyl (C=O) groups excluding carboxylic acids is 1. The van der Waals surface area contributed by atoms with Crippen LogP contribution in [-0.4, -0.2) is 5.78 Å². The Bertz CT molecular complexity index is 2940. The average Bonchev–Trinajstić information content (AvgIpc) is 3.79. The summed E-state index contributed by atoms with van der Waals surface area (Å²) in [5.74, 6) is 0.325.